The minimum Gasteiger partial charge on any atom is -0.482 e. The zero-order valence-electron chi connectivity index (χ0n) is 13.6. The van der Waals surface area contributed by atoms with E-state index in [-0.39, 0.29) is 34.2 Å². The molecule has 1 amide bonds. The predicted molar refractivity (Wildman–Crippen MR) is 90.3 cm³/mol. The SMILES string of the molecule is CCCNS(=O)(=O)c1ccc(OCC(=O)NC(C)CC)c(Cl)c1. The van der Waals surface area contributed by atoms with E-state index in [4.69, 9.17) is 16.3 Å². The molecule has 0 fully saturated rings. The average Bonchev–Trinajstić information content (AvgIpc) is 2.51. The Labute approximate surface area is 142 Å². The molecule has 130 valence electrons. The zero-order valence-corrected chi connectivity index (χ0v) is 15.1. The van der Waals surface area contributed by atoms with Crippen molar-refractivity contribution < 1.29 is 17.9 Å². The maximum absolute atomic E-state index is 12.0. The van der Waals surface area contributed by atoms with Crippen LogP contribution in [0.3, 0.4) is 0 Å². The number of benzene rings is 1. The second-order valence-corrected chi connectivity index (χ2v) is 7.33. The maximum atomic E-state index is 12.0. The molecular weight excluding hydrogens is 340 g/mol. The van der Waals surface area contributed by atoms with Crippen molar-refractivity contribution in [2.75, 3.05) is 13.2 Å². The second-order valence-electron chi connectivity index (χ2n) is 5.16. The Morgan fingerprint density at radius 1 is 1.35 bits per heavy atom. The van der Waals surface area contributed by atoms with Gasteiger partial charge in [0.2, 0.25) is 10.0 Å². The molecule has 23 heavy (non-hydrogen) atoms. The number of hydrogen-bond acceptors (Lipinski definition) is 4. The van der Waals surface area contributed by atoms with Crippen molar-refractivity contribution >= 4 is 27.5 Å². The van der Waals surface area contributed by atoms with Crippen LogP contribution in [0.4, 0.5) is 0 Å². The fraction of sp³-hybridized carbons (Fsp3) is 0.533. The lowest BCUT2D eigenvalue weighted by molar-refractivity contribution is -0.123. The van der Waals surface area contributed by atoms with E-state index in [9.17, 15) is 13.2 Å². The number of hydrogen-bond donors (Lipinski definition) is 2. The van der Waals surface area contributed by atoms with Crippen LogP contribution in [-0.4, -0.2) is 33.5 Å². The van der Waals surface area contributed by atoms with Crippen LogP contribution in [0.5, 0.6) is 5.75 Å². The quantitative estimate of drug-likeness (QED) is 0.706. The first kappa shape index (κ1) is 19.7. The van der Waals surface area contributed by atoms with Crippen molar-refractivity contribution in [2.45, 2.75) is 44.6 Å². The third-order valence-electron chi connectivity index (χ3n) is 3.13. The van der Waals surface area contributed by atoms with E-state index in [1.807, 2.05) is 20.8 Å². The topological polar surface area (TPSA) is 84.5 Å². The largest absolute Gasteiger partial charge is 0.482 e. The summed E-state index contributed by atoms with van der Waals surface area (Å²) in [6.45, 7) is 5.91. The molecule has 0 radical (unpaired) electrons. The van der Waals surface area contributed by atoms with Crippen LogP contribution in [0, 0.1) is 0 Å². The molecule has 2 N–H and O–H groups in total. The van der Waals surface area contributed by atoms with Crippen LogP contribution in [0.1, 0.15) is 33.6 Å². The Hall–Kier alpha value is -1.31. The van der Waals surface area contributed by atoms with E-state index >= 15 is 0 Å². The van der Waals surface area contributed by atoms with Crippen molar-refractivity contribution in [1.29, 1.82) is 0 Å². The first-order valence-electron chi connectivity index (χ1n) is 7.51. The summed E-state index contributed by atoms with van der Waals surface area (Å²) in [6, 6.07) is 4.21. The number of ether oxygens (including phenoxy) is 1. The van der Waals surface area contributed by atoms with E-state index in [1.165, 1.54) is 18.2 Å². The number of sulfonamides is 1. The Kier molecular flexibility index (Phi) is 7.81. The molecule has 0 saturated heterocycles. The molecule has 0 heterocycles. The summed E-state index contributed by atoms with van der Waals surface area (Å²) in [5.74, 6) is 0.0112. The molecular formula is C15H23ClN2O4S. The van der Waals surface area contributed by atoms with Gasteiger partial charge < -0.3 is 10.1 Å². The van der Waals surface area contributed by atoms with Gasteiger partial charge in [-0.25, -0.2) is 13.1 Å². The highest BCUT2D eigenvalue weighted by Gasteiger charge is 2.16. The van der Waals surface area contributed by atoms with Gasteiger partial charge in [-0.3, -0.25) is 4.79 Å². The monoisotopic (exact) mass is 362 g/mol. The maximum Gasteiger partial charge on any atom is 0.258 e. The molecule has 0 aromatic heterocycles. The number of amides is 1. The second kappa shape index (κ2) is 9.10. The van der Waals surface area contributed by atoms with Gasteiger partial charge in [-0.15, -0.1) is 0 Å². The number of carbonyl (C=O) groups excluding carboxylic acids is 1. The Morgan fingerprint density at radius 2 is 2.04 bits per heavy atom. The fourth-order valence-electron chi connectivity index (χ4n) is 1.65. The highest BCUT2D eigenvalue weighted by atomic mass is 35.5. The van der Waals surface area contributed by atoms with Gasteiger partial charge in [-0.1, -0.05) is 25.4 Å². The van der Waals surface area contributed by atoms with Crippen molar-refractivity contribution in [1.82, 2.24) is 10.0 Å². The van der Waals surface area contributed by atoms with Crippen molar-refractivity contribution in [3.05, 3.63) is 23.2 Å². The van der Waals surface area contributed by atoms with Crippen molar-refractivity contribution in [3.63, 3.8) is 0 Å². The normalized spacial score (nSPS) is 12.7. The molecule has 1 unspecified atom stereocenters. The van der Waals surface area contributed by atoms with Gasteiger partial charge in [0, 0.05) is 12.6 Å². The first-order chi connectivity index (χ1) is 10.8. The van der Waals surface area contributed by atoms with Gasteiger partial charge >= 0.3 is 0 Å². The van der Waals surface area contributed by atoms with Crippen LogP contribution < -0.4 is 14.8 Å². The molecule has 0 aliphatic heterocycles. The van der Waals surface area contributed by atoms with Crippen LogP contribution in [0.15, 0.2) is 23.1 Å². The lowest BCUT2D eigenvalue weighted by Crippen LogP contribution is -2.35. The van der Waals surface area contributed by atoms with Crippen LogP contribution >= 0.6 is 11.6 Å². The number of carbonyl (C=O) groups is 1. The minimum atomic E-state index is -3.58. The third kappa shape index (κ3) is 6.37. The van der Waals surface area contributed by atoms with E-state index < -0.39 is 10.0 Å². The van der Waals surface area contributed by atoms with Gasteiger partial charge in [0.15, 0.2) is 6.61 Å². The molecule has 1 atom stereocenters. The molecule has 6 nitrogen and oxygen atoms in total. The van der Waals surface area contributed by atoms with E-state index in [0.717, 1.165) is 6.42 Å². The van der Waals surface area contributed by atoms with Crippen LogP contribution in [0.25, 0.3) is 0 Å². The molecule has 0 spiro atoms. The number of halogens is 1. The Morgan fingerprint density at radius 3 is 2.61 bits per heavy atom. The standard InChI is InChI=1S/C15H23ClN2O4S/c1-4-8-17-23(20,21)12-6-7-14(13(16)9-12)22-10-15(19)18-11(3)5-2/h6-7,9,11,17H,4-5,8,10H2,1-3H3,(H,18,19). The van der Waals surface area contributed by atoms with Gasteiger partial charge in [-0.2, -0.15) is 0 Å². The fourth-order valence-corrected chi connectivity index (χ4v) is 3.11. The predicted octanol–water partition coefficient (Wildman–Crippen LogP) is 2.32. The lowest BCUT2D eigenvalue weighted by Gasteiger charge is -2.13. The number of rotatable bonds is 9. The molecule has 1 aromatic carbocycles. The molecule has 1 aromatic rings. The highest BCUT2D eigenvalue weighted by molar-refractivity contribution is 7.89. The van der Waals surface area contributed by atoms with Crippen molar-refractivity contribution in [3.8, 4) is 5.75 Å². The lowest BCUT2D eigenvalue weighted by atomic mass is 10.2. The Bertz CT molecular complexity index is 634. The van der Waals surface area contributed by atoms with Crippen molar-refractivity contribution in [2.24, 2.45) is 0 Å². The van der Waals surface area contributed by atoms with Crippen LogP contribution in [-0.2, 0) is 14.8 Å². The molecule has 0 saturated carbocycles. The molecule has 0 aliphatic rings. The highest BCUT2D eigenvalue weighted by Crippen LogP contribution is 2.27. The van der Waals surface area contributed by atoms with Gasteiger partial charge in [0.1, 0.15) is 5.75 Å². The molecule has 0 bridgehead atoms. The minimum absolute atomic E-state index is 0.0624. The van der Waals surface area contributed by atoms with E-state index in [0.29, 0.717) is 13.0 Å². The van der Waals surface area contributed by atoms with E-state index in [1.54, 1.807) is 0 Å². The summed E-state index contributed by atoms with van der Waals surface area (Å²) < 4.78 is 31.8. The van der Waals surface area contributed by atoms with E-state index in [2.05, 4.69) is 10.0 Å². The third-order valence-corrected chi connectivity index (χ3v) is 4.89. The van der Waals surface area contributed by atoms with Gasteiger partial charge in [-0.05, 0) is 38.0 Å². The summed E-state index contributed by atoms with van der Waals surface area (Å²) in [7, 11) is -3.58. The zero-order chi connectivity index (χ0) is 17.5. The van der Waals surface area contributed by atoms with Crippen LogP contribution in [0.2, 0.25) is 5.02 Å². The van der Waals surface area contributed by atoms with Gasteiger partial charge in [0.25, 0.3) is 5.91 Å². The summed E-state index contributed by atoms with van der Waals surface area (Å²) >= 11 is 6.04. The summed E-state index contributed by atoms with van der Waals surface area (Å²) in [5.41, 5.74) is 0. The Balaban J connectivity index is 2.72. The molecule has 0 aliphatic carbocycles. The molecule has 8 heteroatoms. The summed E-state index contributed by atoms with van der Waals surface area (Å²) in [6.07, 6.45) is 1.52. The van der Waals surface area contributed by atoms with Gasteiger partial charge in [0.05, 0.1) is 9.92 Å². The number of nitrogens with one attached hydrogen (secondary N) is 2. The summed E-state index contributed by atoms with van der Waals surface area (Å²) in [4.78, 5) is 11.7. The smallest absolute Gasteiger partial charge is 0.258 e. The average molecular weight is 363 g/mol. The first-order valence-corrected chi connectivity index (χ1v) is 9.37. The molecule has 1 rings (SSSR count). The summed E-state index contributed by atoms with van der Waals surface area (Å²) in [5, 5.41) is 2.90.